The molecular weight excluding hydrogens is 618 g/mol. The number of carbonyl (C=O) groups excluding carboxylic acids is 1. The molecule has 0 saturated carbocycles. The van der Waals surface area contributed by atoms with Crippen molar-refractivity contribution in [2.75, 3.05) is 13.2 Å². The summed E-state index contributed by atoms with van der Waals surface area (Å²) in [5.74, 6) is 0.654. The average Bonchev–Trinajstić information content (AvgIpc) is 2.90. The van der Waals surface area contributed by atoms with E-state index in [1.807, 2.05) is 43.3 Å². The molecular formula is C28H25Br2N3O5. The molecule has 0 amide bonds. The van der Waals surface area contributed by atoms with Crippen molar-refractivity contribution in [2.45, 2.75) is 26.9 Å². The van der Waals surface area contributed by atoms with Gasteiger partial charge >= 0.3 is 5.97 Å². The number of hydrogen-bond donors (Lipinski definition) is 0. The number of hydrogen-bond acceptors (Lipinski definition) is 7. The summed E-state index contributed by atoms with van der Waals surface area (Å²) >= 11 is 7.10. The Kier molecular flexibility index (Phi) is 8.96. The van der Waals surface area contributed by atoms with E-state index in [2.05, 4.69) is 37.0 Å². The number of esters is 1. The van der Waals surface area contributed by atoms with Gasteiger partial charge in [-0.2, -0.15) is 9.78 Å². The van der Waals surface area contributed by atoms with E-state index in [1.54, 1.807) is 44.3 Å². The molecule has 196 valence electrons. The minimum absolute atomic E-state index is 0.250. The zero-order chi connectivity index (χ0) is 27.2. The lowest BCUT2D eigenvalue weighted by Gasteiger charge is -2.16. The van der Waals surface area contributed by atoms with Crippen LogP contribution in [0.15, 0.2) is 79.5 Å². The lowest BCUT2D eigenvalue weighted by Crippen LogP contribution is -2.20. The van der Waals surface area contributed by atoms with E-state index in [0.717, 1.165) is 5.56 Å². The number of fused-ring (bicyclic) bond motifs is 1. The third-order valence-corrected chi connectivity index (χ3v) is 7.40. The second-order valence-electron chi connectivity index (χ2n) is 8.36. The van der Waals surface area contributed by atoms with Crippen molar-refractivity contribution in [2.24, 2.45) is 5.10 Å². The highest BCUT2D eigenvalue weighted by atomic mass is 79.9. The maximum absolute atomic E-state index is 13.4. The first kappa shape index (κ1) is 27.5. The summed E-state index contributed by atoms with van der Waals surface area (Å²) < 4.78 is 19.1. The fourth-order valence-electron chi connectivity index (χ4n) is 3.65. The van der Waals surface area contributed by atoms with Crippen LogP contribution in [0.5, 0.6) is 11.5 Å². The maximum Gasteiger partial charge on any atom is 0.344 e. The van der Waals surface area contributed by atoms with Crippen LogP contribution in [0.2, 0.25) is 0 Å². The predicted octanol–water partition coefficient (Wildman–Crippen LogP) is 6.20. The summed E-state index contributed by atoms with van der Waals surface area (Å²) in [7, 11) is 0. The van der Waals surface area contributed by atoms with E-state index < -0.39 is 5.97 Å². The monoisotopic (exact) mass is 641 g/mol. The van der Waals surface area contributed by atoms with Crippen LogP contribution in [-0.2, 0) is 9.53 Å². The molecule has 4 aromatic rings. The molecule has 0 aliphatic heterocycles. The van der Waals surface area contributed by atoms with Gasteiger partial charge in [0.2, 0.25) is 0 Å². The second-order valence-corrected chi connectivity index (χ2v) is 9.95. The average molecular weight is 643 g/mol. The second kappa shape index (κ2) is 12.4. The number of carbonyl (C=O) groups is 1. The first-order chi connectivity index (χ1) is 18.3. The number of benzene rings is 3. The molecule has 0 spiro atoms. The quantitative estimate of drug-likeness (QED) is 0.159. The molecule has 0 bridgehead atoms. The smallest absolute Gasteiger partial charge is 0.344 e. The third-order valence-electron chi connectivity index (χ3n) is 5.26. The van der Waals surface area contributed by atoms with Crippen molar-refractivity contribution >= 4 is 54.9 Å². The van der Waals surface area contributed by atoms with Crippen LogP contribution in [0.1, 0.15) is 26.3 Å². The Labute approximate surface area is 236 Å². The minimum Gasteiger partial charge on any atom is -0.490 e. The largest absolute Gasteiger partial charge is 0.490 e. The van der Waals surface area contributed by atoms with Crippen LogP contribution < -0.4 is 15.0 Å². The summed E-state index contributed by atoms with van der Waals surface area (Å²) in [6.07, 6.45) is 1.29. The minimum atomic E-state index is -0.493. The van der Waals surface area contributed by atoms with Gasteiger partial charge in [0.15, 0.2) is 23.9 Å². The highest BCUT2D eigenvalue weighted by Gasteiger charge is 2.19. The van der Waals surface area contributed by atoms with Gasteiger partial charge < -0.3 is 14.2 Å². The van der Waals surface area contributed by atoms with Crippen molar-refractivity contribution in [1.82, 2.24) is 9.66 Å². The molecule has 0 aliphatic carbocycles. The Morgan fingerprint density at radius 2 is 1.76 bits per heavy atom. The number of ether oxygens (including phenoxy) is 3. The highest BCUT2D eigenvalue weighted by molar-refractivity contribution is 9.13. The summed E-state index contributed by atoms with van der Waals surface area (Å²) in [4.78, 5) is 30.2. The molecule has 0 unspecified atom stereocenters. The van der Waals surface area contributed by atoms with Crippen molar-refractivity contribution < 1.29 is 19.0 Å². The molecule has 0 aliphatic rings. The predicted molar refractivity (Wildman–Crippen MR) is 154 cm³/mol. The zero-order valence-corrected chi connectivity index (χ0v) is 24.2. The van der Waals surface area contributed by atoms with Gasteiger partial charge in [-0.25, -0.2) is 9.78 Å². The van der Waals surface area contributed by atoms with Gasteiger partial charge in [0.25, 0.3) is 5.56 Å². The normalized spacial score (nSPS) is 11.3. The van der Waals surface area contributed by atoms with Gasteiger partial charge in [0.1, 0.15) is 0 Å². The van der Waals surface area contributed by atoms with Crippen LogP contribution >= 0.6 is 31.9 Å². The molecule has 0 N–H and O–H groups in total. The van der Waals surface area contributed by atoms with Crippen LogP contribution in [0.4, 0.5) is 0 Å². The SMILES string of the molecule is CCOc1cc(C=Nn2c(-c3ccccc3)nc3ccccc3c2=O)c(Br)c(Br)c1OCC(=O)OC(C)C. The van der Waals surface area contributed by atoms with Gasteiger partial charge in [-0.05, 0) is 70.8 Å². The fraction of sp³-hybridized carbons (Fsp3) is 0.214. The van der Waals surface area contributed by atoms with Crippen molar-refractivity contribution in [3.63, 3.8) is 0 Å². The molecule has 10 heteroatoms. The van der Waals surface area contributed by atoms with E-state index >= 15 is 0 Å². The van der Waals surface area contributed by atoms with Crippen LogP contribution in [0.25, 0.3) is 22.3 Å². The topological polar surface area (TPSA) is 92.0 Å². The van der Waals surface area contributed by atoms with Crippen LogP contribution in [0, 0.1) is 0 Å². The lowest BCUT2D eigenvalue weighted by molar-refractivity contribution is -0.149. The Morgan fingerprint density at radius 1 is 1.05 bits per heavy atom. The van der Waals surface area contributed by atoms with E-state index in [1.165, 1.54) is 4.68 Å². The molecule has 0 radical (unpaired) electrons. The fourth-order valence-corrected chi connectivity index (χ4v) is 4.58. The van der Waals surface area contributed by atoms with E-state index in [4.69, 9.17) is 19.2 Å². The summed E-state index contributed by atoms with van der Waals surface area (Å²) in [5.41, 5.74) is 1.65. The first-order valence-electron chi connectivity index (χ1n) is 11.9. The summed E-state index contributed by atoms with van der Waals surface area (Å²) in [5, 5.41) is 4.99. The molecule has 0 saturated heterocycles. The van der Waals surface area contributed by atoms with Crippen molar-refractivity contribution in [3.05, 3.63) is 85.5 Å². The first-order valence-corrected chi connectivity index (χ1v) is 13.5. The van der Waals surface area contributed by atoms with Gasteiger partial charge in [-0.15, -0.1) is 0 Å². The Bertz CT molecular complexity index is 1550. The van der Waals surface area contributed by atoms with Crippen molar-refractivity contribution in [3.8, 4) is 22.9 Å². The zero-order valence-electron chi connectivity index (χ0n) is 21.0. The van der Waals surface area contributed by atoms with E-state index in [0.29, 0.717) is 49.3 Å². The molecule has 4 rings (SSSR count). The molecule has 0 fully saturated rings. The van der Waals surface area contributed by atoms with Crippen molar-refractivity contribution in [1.29, 1.82) is 0 Å². The Morgan fingerprint density at radius 3 is 2.47 bits per heavy atom. The van der Waals surface area contributed by atoms with Crippen LogP contribution in [-0.4, -0.2) is 41.2 Å². The standard InChI is InChI=1S/C28H25Br2N3O5/c1-4-36-22-14-19(24(29)25(30)26(22)37-16-23(34)38-17(2)3)15-31-33-27(18-10-6-5-7-11-18)32-21-13-9-8-12-20(21)28(33)35/h5-15,17H,4,16H2,1-3H3. The van der Waals surface area contributed by atoms with E-state index in [-0.39, 0.29) is 18.3 Å². The summed E-state index contributed by atoms with van der Waals surface area (Å²) in [6, 6.07) is 18.3. The highest BCUT2D eigenvalue weighted by Crippen LogP contribution is 2.42. The molecule has 8 nitrogen and oxygen atoms in total. The number of nitrogens with zero attached hydrogens (tertiary/aromatic N) is 3. The number of rotatable bonds is 9. The van der Waals surface area contributed by atoms with Gasteiger partial charge in [0.05, 0.1) is 34.3 Å². The van der Waals surface area contributed by atoms with Crippen LogP contribution in [0.3, 0.4) is 0 Å². The molecule has 1 aromatic heterocycles. The lowest BCUT2D eigenvalue weighted by atomic mass is 10.2. The third kappa shape index (κ3) is 6.14. The molecule has 38 heavy (non-hydrogen) atoms. The van der Waals surface area contributed by atoms with Gasteiger partial charge in [-0.3, -0.25) is 4.79 Å². The number of aromatic nitrogens is 2. The Balaban J connectivity index is 1.78. The number of halogens is 2. The molecule has 3 aromatic carbocycles. The Hall–Kier alpha value is -3.50. The number of para-hydroxylation sites is 1. The van der Waals surface area contributed by atoms with E-state index in [9.17, 15) is 9.59 Å². The maximum atomic E-state index is 13.4. The molecule has 1 heterocycles. The van der Waals surface area contributed by atoms with Gasteiger partial charge in [0, 0.05) is 15.6 Å². The summed E-state index contributed by atoms with van der Waals surface area (Å²) in [6.45, 7) is 5.46. The van der Waals surface area contributed by atoms with Gasteiger partial charge in [-0.1, -0.05) is 42.5 Å². The molecule has 0 atom stereocenters.